The minimum Gasteiger partial charge on any atom is -0.294 e. The number of hydrogen-bond donors (Lipinski definition) is 0. The molecule has 0 saturated heterocycles. The predicted octanol–water partition coefficient (Wildman–Crippen LogP) is 13.2. The normalized spacial score (nSPS) is 11.7. The van der Waals surface area contributed by atoms with E-state index >= 15 is 0 Å². The summed E-state index contributed by atoms with van der Waals surface area (Å²) in [7, 11) is 0. The van der Waals surface area contributed by atoms with Crippen molar-refractivity contribution in [2.24, 2.45) is 10.8 Å². The second-order valence-electron chi connectivity index (χ2n) is 14.7. The summed E-state index contributed by atoms with van der Waals surface area (Å²) in [6.07, 6.45) is 0. The lowest BCUT2D eigenvalue weighted by Crippen LogP contribution is -2.19. The zero-order valence-corrected chi connectivity index (χ0v) is 30.6. The van der Waals surface area contributed by atoms with Crippen molar-refractivity contribution >= 4 is 27.5 Å². The molecule has 0 N–H and O–H groups in total. The summed E-state index contributed by atoms with van der Waals surface area (Å²) >= 11 is 3.81. The van der Waals surface area contributed by atoms with Gasteiger partial charge in [0.15, 0.2) is 11.6 Å². The average Bonchev–Trinajstić information content (AvgIpc) is 3.10. The highest BCUT2D eigenvalue weighted by Gasteiger charge is 2.24. The largest absolute Gasteiger partial charge is 0.294 e. The number of carbonyl (C=O) groups is 2. The maximum atomic E-state index is 13.0. The lowest BCUT2D eigenvalue weighted by atomic mass is 9.85. The summed E-state index contributed by atoms with van der Waals surface area (Å²) in [4.78, 5) is 25.9. The first-order valence-corrected chi connectivity index (χ1v) is 17.5. The molecule has 0 radical (unpaired) electrons. The molecule has 0 atom stereocenters. The van der Waals surface area contributed by atoms with Gasteiger partial charge in [-0.1, -0.05) is 173 Å². The Morgan fingerprint density at radius 2 is 0.673 bits per heavy atom. The molecule has 2 nitrogen and oxygen atoms in total. The van der Waals surface area contributed by atoms with E-state index in [2.05, 4.69) is 125 Å². The Morgan fingerprint density at radius 1 is 0.388 bits per heavy atom. The van der Waals surface area contributed by atoms with Gasteiger partial charge in [0.05, 0.1) is 0 Å². The van der Waals surface area contributed by atoms with Crippen LogP contribution < -0.4 is 0 Å². The minimum absolute atomic E-state index is 0.132. The van der Waals surface area contributed by atoms with E-state index < -0.39 is 10.8 Å². The number of rotatable bonds is 7. The maximum Gasteiger partial charge on any atom is 0.168 e. The Bertz CT molecular complexity index is 2030. The lowest BCUT2D eigenvalue weighted by molar-refractivity contribution is 0.0852. The summed E-state index contributed by atoms with van der Waals surface area (Å²) in [5.74, 6) is 0.263. The van der Waals surface area contributed by atoms with Crippen molar-refractivity contribution in [3.8, 4) is 55.6 Å². The van der Waals surface area contributed by atoms with Gasteiger partial charge in [0.2, 0.25) is 0 Å². The van der Waals surface area contributed by atoms with Crippen LogP contribution in [0.15, 0.2) is 144 Å². The number of Topliss-reactive ketones (excluding diaryl/α,β-unsaturated/α-hetero) is 2. The van der Waals surface area contributed by atoms with Crippen LogP contribution in [-0.4, -0.2) is 11.6 Å². The van der Waals surface area contributed by atoms with Crippen molar-refractivity contribution < 1.29 is 9.59 Å². The molecule has 0 fully saturated rings. The highest BCUT2D eigenvalue weighted by molar-refractivity contribution is 9.10. The second kappa shape index (κ2) is 13.6. The van der Waals surface area contributed by atoms with Crippen LogP contribution in [0, 0.1) is 10.8 Å². The average molecular weight is 706 g/mol. The quantitative estimate of drug-likeness (QED) is 0.155. The molecule has 3 heteroatoms. The number of carbonyl (C=O) groups excluding carboxylic acids is 2. The molecule has 0 spiro atoms. The Morgan fingerprint density at radius 3 is 1.00 bits per heavy atom. The van der Waals surface area contributed by atoms with E-state index in [0.29, 0.717) is 0 Å². The molecule has 6 aromatic carbocycles. The van der Waals surface area contributed by atoms with Gasteiger partial charge in [-0.25, -0.2) is 0 Å². The van der Waals surface area contributed by atoms with Gasteiger partial charge in [-0.15, -0.1) is 0 Å². The van der Waals surface area contributed by atoms with Gasteiger partial charge in [-0.05, 0) is 79.9 Å². The van der Waals surface area contributed by atoms with Crippen LogP contribution in [0.1, 0.15) is 62.3 Å². The fraction of sp³-hybridized carbons (Fsp3) is 0.174. The van der Waals surface area contributed by atoms with Crippen molar-refractivity contribution in [2.45, 2.75) is 41.5 Å². The van der Waals surface area contributed by atoms with Crippen molar-refractivity contribution in [1.82, 2.24) is 0 Å². The summed E-state index contributed by atoms with van der Waals surface area (Å²) in [6.45, 7) is 11.7. The molecular formula is C46H41BrO2. The SMILES string of the molecule is CC(C)(C)C(=O)c1ccc(-c2ccccc2-c2cc(-c3ccccc3Br)cc(-c3ccccc3-c3ccc(C(=O)C(C)(C)C)cc3)c2)cc1. The Hall–Kier alpha value is -4.86. The van der Waals surface area contributed by atoms with Gasteiger partial charge < -0.3 is 0 Å². The van der Waals surface area contributed by atoms with Crippen molar-refractivity contribution in [1.29, 1.82) is 0 Å². The standard InChI is InChI=1S/C46H41BrO2/c1-45(2,3)43(48)32-23-19-30(20-24-32)37-13-7-9-15-39(37)34-27-35(29-36(28-34)41-17-11-12-18-42(41)47)40-16-10-8-14-38(40)31-21-25-33(26-22-31)44(49)46(4,5)6/h7-29H,1-6H3. The summed E-state index contributed by atoms with van der Waals surface area (Å²) in [6, 6.07) is 48.0. The summed E-state index contributed by atoms with van der Waals surface area (Å²) < 4.78 is 1.03. The topological polar surface area (TPSA) is 34.1 Å². The van der Waals surface area contributed by atoms with Crippen molar-refractivity contribution in [2.75, 3.05) is 0 Å². The summed E-state index contributed by atoms with van der Waals surface area (Å²) in [5, 5.41) is 0. The van der Waals surface area contributed by atoms with Gasteiger partial charge in [0, 0.05) is 26.4 Å². The number of benzene rings is 6. The number of hydrogen-bond acceptors (Lipinski definition) is 2. The molecule has 0 amide bonds. The van der Waals surface area contributed by atoms with Gasteiger partial charge in [-0.2, -0.15) is 0 Å². The highest BCUT2D eigenvalue weighted by Crippen LogP contribution is 2.41. The molecule has 0 aliphatic heterocycles. The van der Waals surface area contributed by atoms with Gasteiger partial charge in [-0.3, -0.25) is 9.59 Å². The van der Waals surface area contributed by atoms with E-state index in [4.69, 9.17) is 0 Å². The third-order valence-corrected chi connectivity index (χ3v) is 9.56. The fourth-order valence-electron chi connectivity index (χ4n) is 6.23. The van der Waals surface area contributed by atoms with Crippen LogP contribution in [-0.2, 0) is 0 Å². The van der Waals surface area contributed by atoms with Gasteiger partial charge >= 0.3 is 0 Å². The van der Waals surface area contributed by atoms with Crippen LogP contribution in [0.2, 0.25) is 0 Å². The summed E-state index contributed by atoms with van der Waals surface area (Å²) in [5.41, 5.74) is 11.5. The van der Waals surface area contributed by atoms with Gasteiger partial charge in [0.25, 0.3) is 0 Å². The highest BCUT2D eigenvalue weighted by atomic mass is 79.9. The molecule has 0 bridgehead atoms. The zero-order chi connectivity index (χ0) is 34.9. The fourth-order valence-corrected chi connectivity index (χ4v) is 6.74. The third-order valence-electron chi connectivity index (χ3n) is 8.87. The van der Waals surface area contributed by atoms with Crippen LogP contribution in [0.3, 0.4) is 0 Å². The molecule has 0 aliphatic rings. The first-order chi connectivity index (χ1) is 23.3. The molecule has 0 saturated carbocycles. The lowest BCUT2D eigenvalue weighted by Gasteiger charge is -2.18. The molecule has 0 aliphatic carbocycles. The molecule has 6 rings (SSSR count). The Labute approximate surface area is 299 Å². The molecule has 6 aromatic rings. The minimum atomic E-state index is -0.440. The van der Waals surface area contributed by atoms with Crippen LogP contribution in [0.4, 0.5) is 0 Å². The smallest absolute Gasteiger partial charge is 0.168 e. The molecule has 0 aromatic heterocycles. The molecule has 0 heterocycles. The molecular weight excluding hydrogens is 664 g/mol. The maximum absolute atomic E-state index is 13.0. The second-order valence-corrected chi connectivity index (χ2v) is 15.5. The van der Waals surface area contributed by atoms with E-state index in [-0.39, 0.29) is 11.6 Å². The van der Waals surface area contributed by atoms with E-state index in [1.54, 1.807) is 0 Å². The van der Waals surface area contributed by atoms with Gasteiger partial charge in [0.1, 0.15) is 0 Å². The first kappa shape index (κ1) is 34.0. The predicted molar refractivity (Wildman–Crippen MR) is 209 cm³/mol. The number of ketones is 2. The Balaban J connectivity index is 1.50. The number of halogens is 1. The molecule has 49 heavy (non-hydrogen) atoms. The van der Waals surface area contributed by atoms with E-state index in [9.17, 15) is 9.59 Å². The Kier molecular flexibility index (Phi) is 9.42. The first-order valence-electron chi connectivity index (χ1n) is 16.7. The van der Waals surface area contributed by atoms with E-state index in [1.165, 1.54) is 0 Å². The monoisotopic (exact) mass is 704 g/mol. The van der Waals surface area contributed by atoms with Crippen LogP contribution >= 0.6 is 15.9 Å². The van der Waals surface area contributed by atoms with E-state index in [0.717, 1.165) is 71.2 Å². The van der Waals surface area contributed by atoms with Crippen molar-refractivity contribution in [3.63, 3.8) is 0 Å². The van der Waals surface area contributed by atoms with Crippen LogP contribution in [0.25, 0.3) is 55.6 Å². The van der Waals surface area contributed by atoms with Crippen molar-refractivity contribution in [3.05, 3.63) is 155 Å². The third kappa shape index (κ3) is 7.28. The molecule has 244 valence electrons. The van der Waals surface area contributed by atoms with E-state index in [1.807, 2.05) is 71.9 Å². The molecule has 0 unspecified atom stereocenters. The van der Waals surface area contributed by atoms with Crippen LogP contribution in [0.5, 0.6) is 0 Å². The zero-order valence-electron chi connectivity index (χ0n) is 29.0.